The summed E-state index contributed by atoms with van der Waals surface area (Å²) in [5.74, 6) is -2.88. The molecule has 4 unspecified atom stereocenters. The standard InChI is InChI=1S/C17H31N7O5S2/c18-9(7-30)13(25)23-11(8-31)14(26)22-10(3-1-5-21-17(19)20)15(27)24-6-2-4-12(24)16(28)29/h9-12,30-31H,1-8,18H2,(H,22,26)(H,23,25)(H,28,29)(H4,19,20,21). The summed E-state index contributed by atoms with van der Waals surface area (Å²) in [6.45, 7) is 0.507. The van der Waals surface area contributed by atoms with Crippen molar-refractivity contribution in [1.82, 2.24) is 15.5 Å². The van der Waals surface area contributed by atoms with E-state index in [0.29, 0.717) is 19.3 Å². The van der Waals surface area contributed by atoms with E-state index in [1.54, 1.807) is 0 Å². The first kappa shape index (κ1) is 26.8. The highest BCUT2D eigenvalue weighted by Gasteiger charge is 2.38. The fourth-order valence-electron chi connectivity index (χ4n) is 3.08. The molecular formula is C17H31N7O5S2. The molecule has 14 heteroatoms. The van der Waals surface area contributed by atoms with Gasteiger partial charge in [-0.2, -0.15) is 25.3 Å². The second-order valence-corrected chi connectivity index (χ2v) is 7.80. The van der Waals surface area contributed by atoms with Crippen LogP contribution in [-0.2, 0) is 19.2 Å². The van der Waals surface area contributed by atoms with Crippen LogP contribution in [0.2, 0.25) is 0 Å². The highest BCUT2D eigenvalue weighted by molar-refractivity contribution is 7.80. The predicted octanol–water partition coefficient (Wildman–Crippen LogP) is -2.73. The molecule has 1 aliphatic heterocycles. The fourth-order valence-corrected chi connectivity index (χ4v) is 3.50. The van der Waals surface area contributed by atoms with E-state index in [4.69, 9.17) is 17.2 Å². The first-order valence-corrected chi connectivity index (χ1v) is 11.1. The summed E-state index contributed by atoms with van der Waals surface area (Å²) in [7, 11) is 0. The molecule has 31 heavy (non-hydrogen) atoms. The van der Waals surface area contributed by atoms with Crippen molar-refractivity contribution in [2.24, 2.45) is 22.2 Å². The normalized spacial score (nSPS) is 18.5. The van der Waals surface area contributed by atoms with Crippen molar-refractivity contribution in [3.8, 4) is 0 Å². The minimum Gasteiger partial charge on any atom is -0.480 e. The van der Waals surface area contributed by atoms with E-state index in [9.17, 15) is 24.3 Å². The van der Waals surface area contributed by atoms with E-state index in [2.05, 4.69) is 40.9 Å². The molecule has 0 aromatic heterocycles. The number of hydrogen-bond acceptors (Lipinski definition) is 8. The lowest BCUT2D eigenvalue weighted by atomic mass is 10.1. The van der Waals surface area contributed by atoms with Crippen LogP contribution in [0.3, 0.4) is 0 Å². The Balaban J connectivity index is 2.92. The molecule has 0 aromatic carbocycles. The van der Waals surface area contributed by atoms with Crippen molar-refractivity contribution in [3.05, 3.63) is 0 Å². The maximum absolute atomic E-state index is 13.0. The van der Waals surface area contributed by atoms with E-state index in [0.717, 1.165) is 0 Å². The van der Waals surface area contributed by atoms with Crippen LogP contribution in [0.25, 0.3) is 0 Å². The Morgan fingerprint density at radius 2 is 1.74 bits per heavy atom. The van der Waals surface area contributed by atoms with Gasteiger partial charge in [-0.15, -0.1) is 0 Å². The van der Waals surface area contributed by atoms with Crippen LogP contribution >= 0.6 is 25.3 Å². The third kappa shape index (κ3) is 8.45. The predicted molar refractivity (Wildman–Crippen MR) is 122 cm³/mol. The van der Waals surface area contributed by atoms with Gasteiger partial charge in [0.05, 0.1) is 6.04 Å². The van der Waals surface area contributed by atoms with Gasteiger partial charge < -0.3 is 37.8 Å². The quantitative estimate of drug-likeness (QED) is 0.0639. The molecule has 0 aromatic rings. The zero-order valence-corrected chi connectivity index (χ0v) is 18.9. The molecule has 1 heterocycles. The van der Waals surface area contributed by atoms with Crippen molar-refractivity contribution in [2.75, 3.05) is 24.6 Å². The number of carboxylic acid groups (broad SMARTS) is 1. The fraction of sp³-hybridized carbons (Fsp3) is 0.706. The summed E-state index contributed by atoms with van der Waals surface area (Å²) in [4.78, 5) is 54.3. The molecule has 9 N–H and O–H groups in total. The summed E-state index contributed by atoms with van der Waals surface area (Å²) in [5, 5.41) is 14.4. The molecule has 0 saturated carbocycles. The third-order valence-corrected chi connectivity index (χ3v) is 5.49. The number of aliphatic carboxylic acids is 1. The average Bonchev–Trinajstić information content (AvgIpc) is 3.22. The van der Waals surface area contributed by atoms with E-state index in [-0.39, 0.29) is 37.0 Å². The number of carbonyl (C=O) groups excluding carboxylic acids is 3. The van der Waals surface area contributed by atoms with Gasteiger partial charge in [0.15, 0.2) is 5.96 Å². The number of likely N-dealkylation sites (tertiary alicyclic amines) is 1. The second kappa shape index (κ2) is 13.3. The van der Waals surface area contributed by atoms with E-state index >= 15 is 0 Å². The van der Waals surface area contributed by atoms with Crippen LogP contribution in [0, 0.1) is 0 Å². The minimum absolute atomic E-state index is 0.0345. The van der Waals surface area contributed by atoms with Crippen molar-refractivity contribution in [1.29, 1.82) is 0 Å². The van der Waals surface area contributed by atoms with Crippen molar-refractivity contribution >= 4 is 54.9 Å². The number of thiol groups is 2. The lowest BCUT2D eigenvalue weighted by molar-refractivity contribution is -0.149. The van der Waals surface area contributed by atoms with Gasteiger partial charge in [0.25, 0.3) is 0 Å². The SMILES string of the molecule is NC(N)=NCCCC(NC(=O)C(CS)NC(=O)C(N)CS)C(=O)N1CCCC1C(=O)O. The Bertz CT molecular complexity index is 690. The number of carboxylic acids is 1. The number of nitrogens with one attached hydrogen (secondary N) is 2. The van der Waals surface area contributed by atoms with E-state index in [1.807, 2.05) is 0 Å². The van der Waals surface area contributed by atoms with Crippen LogP contribution in [0.4, 0.5) is 0 Å². The smallest absolute Gasteiger partial charge is 0.326 e. The van der Waals surface area contributed by atoms with Gasteiger partial charge in [-0.25, -0.2) is 4.79 Å². The van der Waals surface area contributed by atoms with Gasteiger partial charge in [-0.3, -0.25) is 19.4 Å². The number of hydrogen-bond donors (Lipinski definition) is 8. The summed E-state index contributed by atoms with van der Waals surface area (Å²) in [6, 6.07) is -3.90. The molecule has 12 nitrogen and oxygen atoms in total. The molecule has 1 aliphatic rings. The van der Waals surface area contributed by atoms with Gasteiger partial charge in [-0.05, 0) is 25.7 Å². The Labute approximate surface area is 191 Å². The Morgan fingerprint density at radius 3 is 2.29 bits per heavy atom. The van der Waals surface area contributed by atoms with Crippen molar-refractivity contribution < 1.29 is 24.3 Å². The Morgan fingerprint density at radius 1 is 1.10 bits per heavy atom. The Kier molecular flexibility index (Phi) is 11.5. The van der Waals surface area contributed by atoms with Gasteiger partial charge in [0.1, 0.15) is 18.1 Å². The summed E-state index contributed by atoms with van der Waals surface area (Å²) in [5.41, 5.74) is 16.2. The molecule has 4 atom stereocenters. The molecule has 176 valence electrons. The minimum atomic E-state index is -1.10. The lowest BCUT2D eigenvalue weighted by Gasteiger charge is -2.28. The highest BCUT2D eigenvalue weighted by atomic mass is 32.1. The molecule has 1 fully saturated rings. The first-order chi connectivity index (χ1) is 14.6. The van der Waals surface area contributed by atoms with Gasteiger partial charge in [0.2, 0.25) is 17.7 Å². The van der Waals surface area contributed by atoms with E-state index in [1.165, 1.54) is 4.90 Å². The van der Waals surface area contributed by atoms with E-state index < -0.39 is 47.9 Å². The van der Waals surface area contributed by atoms with Crippen LogP contribution in [0.15, 0.2) is 4.99 Å². The van der Waals surface area contributed by atoms with Crippen LogP contribution in [0.5, 0.6) is 0 Å². The molecule has 1 saturated heterocycles. The van der Waals surface area contributed by atoms with Crippen molar-refractivity contribution in [2.45, 2.75) is 49.9 Å². The molecule has 3 amide bonds. The number of aliphatic imine (C=N–C) groups is 1. The largest absolute Gasteiger partial charge is 0.480 e. The number of carbonyl (C=O) groups is 4. The lowest BCUT2D eigenvalue weighted by Crippen LogP contribution is -2.57. The monoisotopic (exact) mass is 477 g/mol. The van der Waals surface area contributed by atoms with Crippen LogP contribution in [0.1, 0.15) is 25.7 Å². The first-order valence-electron chi connectivity index (χ1n) is 9.79. The van der Waals surface area contributed by atoms with Crippen LogP contribution < -0.4 is 27.8 Å². The molecule has 0 radical (unpaired) electrons. The molecule has 1 rings (SSSR count). The maximum atomic E-state index is 13.0. The maximum Gasteiger partial charge on any atom is 0.326 e. The molecule has 0 spiro atoms. The zero-order chi connectivity index (χ0) is 23.6. The van der Waals surface area contributed by atoms with Gasteiger partial charge in [-0.1, -0.05) is 0 Å². The molecular weight excluding hydrogens is 446 g/mol. The average molecular weight is 478 g/mol. The number of nitrogens with two attached hydrogens (primary N) is 3. The van der Waals surface area contributed by atoms with Crippen LogP contribution in [-0.4, -0.2) is 88.4 Å². The molecule has 0 aliphatic carbocycles. The van der Waals surface area contributed by atoms with Gasteiger partial charge in [0, 0.05) is 24.6 Å². The highest BCUT2D eigenvalue weighted by Crippen LogP contribution is 2.19. The zero-order valence-electron chi connectivity index (χ0n) is 17.1. The summed E-state index contributed by atoms with van der Waals surface area (Å²) >= 11 is 8.03. The third-order valence-electron chi connectivity index (χ3n) is 4.73. The topological polar surface area (TPSA) is 206 Å². The van der Waals surface area contributed by atoms with Crippen molar-refractivity contribution in [3.63, 3.8) is 0 Å². The number of amides is 3. The Hall–Kier alpha value is -2.19. The second-order valence-electron chi connectivity index (χ2n) is 7.07. The van der Waals surface area contributed by atoms with Gasteiger partial charge >= 0.3 is 5.97 Å². The summed E-state index contributed by atoms with van der Waals surface area (Å²) in [6.07, 6.45) is 1.43. The number of nitrogens with zero attached hydrogens (tertiary/aromatic N) is 2. The molecule has 0 bridgehead atoms. The number of rotatable bonds is 12. The number of guanidine groups is 1. The summed E-state index contributed by atoms with van der Waals surface area (Å²) < 4.78 is 0.